The van der Waals surface area contributed by atoms with E-state index in [9.17, 15) is 8.42 Å². The lowest BCUT2D eigenvalue weighted by Crippen LogP contribution is -2.20. The second kappa shape index (κ2) is 8.23. The fourth-order valence-electron chi connectivity index (χ4n) is 2.85. The van der Waals surface area contributed by atoms with E-state index in [1.165, 1.54) is 6.21 Å². The van der Waals surface area contributed by atoms with Crippen LogP contribution in [0.5, 0.6) is 11.5 Å². The molecule has 0 atom stereocenters. The van der Waals surface area contributed by atoms with E-state index in [0.717, 1.165) is 5.56 Å². The summed E-state index contributed by atoms with van der Waals surface area (Å²) in [4.78, 5) is 2.53. The summed E-state index contributed by atoms with van der Waals surface area (Å²) in [7, 11) is -2.18. The van der Waals surface area contributed by atoms with E-state index < -0.39 is 10.0 Å². The largest absolute Gasteiger partial charge is 0.493 e. The van der Waals surface area contributed by atoms with Gasteiger partial charge in [-0.25, -0.2) is 4.83 Å². The van der Waals surface area contributed by atoms with Gasteiger partial charge in [0.2, 0.25) is 0 Å². The average Bonchev–Trinajstić information content (AvgIpc) is 2.54. The lowest BCUT2D eigenvalue weighted by atomic mass is 10.1. The molecule has 0 unspecified atom stereocenters. The van der Waals surface area contributed by atoms with Gasteiger partial charge in [0.25, 0.3) is 10.0 Å². The minimum Gasteiger partial charge on any atom is -0.493 e. The summed E-state index contributed by atoms with van der Waals surface area (Å²) in [6, 6.07) is 8.92. The first-order valence-electron chi connectivity index (χ1n) is 8.22. The topological polar surface area (TPSA) is 77.0 Å². The predicted molar refractivity (Wildman–Crippen MR) is 103 cm³/mol. The number of nitrogens with zero attached hydrogens (tertiary/aromatic N) is 1. The molecule has 0 aromatic heterocycles. The first kappa shape index (κ1) is 19.8. The average molecular weight is 376 g/mol. The fourth-order valence-corrected chi connectivity index (χ4v) is 4.10. The van der Waals surface area contributed by atoms with Crippen molar-refractivity contribution in [1.29, 1.82) is 0 Å². The fraction of sp³-hybridized carbons (Fsp3) is 0.316. The van der Waals surface area contributed by atoms with Crippen LogP contribution in [0, 0.1) is 20.8 Å². The zero-order valence-corrected chi connectivity index (χ0v) is 16.5. The van der Waals surface area contributed by atoms with Crippen molar-refractivity contribution in [1.82, 2.24) is 4.83 Å². The van der Waals surface area contributed by atoms with Gasteiger partial charge in [0.1, 0.15) is 0 Å². The minimum absolute atomic E-state index is 0.255. The molecule has 0 bridgehead atoms. The van der Waals surface area contributed by atoms with Gasteiger partial charge in [-0.05, 0) is 62.6 Å². The number of sulfonamides is 1. The number of methoxy groups -OCH3 is 1. The molecule has 140 valence electrons. The lowest BCUT2D eigenvalue weighted by Gasteiger charge is -2.11. The Hall–Kier alpha value is -2.54. The van der Waals surface area contributed by atoms with Gasteiger partial charge in [0, 0.05) is 0 Å². The summed E-state index contributed by atoms with van der Waals surface area (Å²) < 4.78 is 35.9. The van der Waals surface area contributed by atoms with Crippen molar-refractivity contribution in [3.8, 4) is 11.5 Å². The highest BCUT2D eigenvalue weighted by molar-refractivity contribution is 7.89. The molecule has 2 aromatic rings. The molecule has 6 nitrogen and oxygen atoms in total. The van der Waals surface area contributed by atoms with Crippen LogP contribution in [0.25, 0.3) is 0 Å². The molecule has 0 fully saturated rings. The molecule has 7 heteroatoms. The van der Waals surface area contributed by atoms with Crippen LogP contribution in [0.1, 0.15) is 29.2 Å². The maximum atomic E-state index is 12.6. The standard InChI is InChI=1S/C19H24N2O4S/c1-6-25-18-11-16(7-8-17(18)24-5)12-20-21-26(22,23)19-14(3)9-13(2)10-15(19)4/h7-12,21H,6H2,1-5H3/b20-12+. The third-order valence-electron chi connectivity index (χ3n) is 3.75. The maximum absolute atomic E-state index is 12.6. The van der Waals surface area contributed by atoms with E-state index >= 15 is 0 Å². The van der Waals surface area contributed by atoms with Crippen molar-refractivity contribution in [2.45, 2.75) is 32.6 Å². The van der Waals surface area contributed by atoms with Gasteiger partial charge in [-0.15, -0.1) is 0 Å². The Kier molecular flexibility index (Phi) is 6.26. The quantitative estimate of drug-likeness (QED) is 0.594. The van der Waals surface area contributed by atoms with E-state index in [-0.39, 0.29) is 4.90 Å². The minimum atomic E-state index is -3.75. The van der Waals surface area contributed by atoms with Crippen molar-refractivity contribution in [3.63, 3.8) is 0 Å². The van der Waals surface area contributed by atoms with E-state index in [0.29, 0.717) is 34.8 Å². The first-order chi connectivity index (χ1) is 12.3. The molecule has 1 N–H and O–H groups in total. The van der Waals surface area contributed by atoms with Crippen LogP contribution in [0.15, 0.2) is 40.3 Å². The van der Waals surface area contributed by atoms with E-state index in [2.05, 4.69) is 9.93 Å². The predicted octanol–water partition coefficient (Wildman–Crippen LogP) is 3.33. The van der Waals surface area contributed by atoms with Gasteiger partial charge < -0.3 is 9.47 Å². The Labute approximate surface area is 154 Å². The second-order valence-corrected chi connectivity index (χ2v) is 7.52. The van der Waals surface area contributed by atoms with Gasteiger partial charge in [0.05, 0.1) is 24.8 Å². The number of nitrogens with one attached hydrogen (secondary N) is 1. The molecule has 0 aliphatic carbocycles. The Morgan fingerprint density at radius 1 is 1.08 bits per heavy atom. The van der Waals surface area contributed by atoms with Crippen LogP contribution < -0.4 is 14.3 Å². The van der Waals surface area contributed by atoms with E-state index in [1.54, 1.807) is 39.2 Å². The van der Waals surface area contributed by atoms with Crippen LogP contribution in [0.2, 0.25) is 0 Å². The number of hydrogen-bond donors (Lipinski definition) is 1. The zero-order valence-electron chi connectivity index (χ0n) is 15.7. The van der Waals surface area contributed by atoms with Gasteiger partial charge in [0.15, 0.2) is 11.5 Å². The summed E-state index contributed by atoms with van der Waals surface area (Å²) in [5.41, 5.74) is 3.08. The normalized spacial score (nSPS) is 11.6. The van der Waals surface area contributed by atoms with Gasteiger partial charge in [-0.3, -0.25) is 0 Å². The summed E-state index contributed by atoms with van der Waals surface area (Å²) in [6.07, 6.45) is 1.43. The van der Waals surface area contributed by atoms with E-state index in [1.807, 2.05) is 26.0 Å². The van der Waals surface area contributed by atoms with Crippen LogP contribution in [0.3, 0.4) is 0 Å². The molecule has 0 saturated carbocycles. The van der Waals surface area contributed by atoms with Gasteiger partial charge in [-0.2, -0.15) is 13.5 Å². The lowest BCUT2D eigenvalue weighted by molar-refractivity contribution is 0.311. The molecule has 0 radical (unpaired) electrons. The third-order valence-corrected chi connectivity index (χ3v) is 5.27. The van der Waals surface area contributed by atoms with Gasteiger partial charge >= 0.3 is 0 Å². The molecule has 0 aliphatic rings. The summed E-state index contributed by atoms with van der Waals surface area (Å²) in [5, 5.41) is 3.89. The van der Waals surface area contributed by atoms with Crippen LogP contribution in [-0.4, -0.2) is 28.3 Å². The number of benzene rings is 2. The molecule has 0 heterocycles. The number of hydrazone groups is 1. The number of hydrogen-bond acceptors (Lipinski definition) is 5. The Bertz CT molecular complexity index is 898. The molecule has 0 aliphatic heterocycles. The molecule has 0 saturated heterocycles. The van der Waals surface area contributed by atoms with E-state index in [4.69, 9.17) is 9.47 Å². The first-order valence-corrected chi connectivity index (χ1v) is 9.70. The summed E-state index contributed by atoms with van der Waals surface area (Å²) in [6.45, 7) is 7.85. The molecule has 2 rings (SSSR count). The highest BCUT2D eigenvalue weighted by Crippen LogP contribution is 2.27. The van der Waals surface area contributed by atoms with Crippen LogP contribution >= 0.6 is 0 Å². The third kappa shape index (κ3) is 4.54. The molecular formula is C19H24N2O4S. The summed E-state index contributed by atoms with van der Waals surface area (Å²) in [5.74, 6) is 1.18. The monoisotopic (exact) mass is 376 g/mol. The molecule has 0 amide bonds. The van der Waals surface area contributed by atoms with Crippen molar-refractivity contribution in [2.24, 2.45) is 5.10 Å². The highest BCUT2D eigenvalue weighted by Gasteiger charge is 2.19. The number of ether oxygens (including phenoxy) is 2. The van der Waals surface area contributed by atoms with Crippen LogP contribution in [-0.2, 0) is 10.0 Å². The second-order valence-electron chi connectivity index (χ2n) is 5.92. The Morgan fingerprint density at radius 2 is 1.73 bits per heavy atom. The molecule has 2 aromatic carbocycles. The Morgan fingerprint density at radius 3 is 2.31 bits per heavy atom. The highest BCUT2D eigenvalue weighted by atomic mass is 32.2. The number of rotatable bonds is 7. The molecule has 0 spiro atoms. The Balaban J connectivity index is 2.24. The van der Waals surface area contributed by atoms with Gasteiger partial charge in [-0.1, -0.05) is 17.7 Å². The molecule has 26 heavy (non-hydrogen) atoms. The number of aryl methyl sites for hydroxylation is 3. The van der Waals surface area contributed by atoms with Crippen molar-refractivity contribution in [2.75, 3.05) is 13.7 Å². The smallest absolute Gasteiger partial charge is 0.277 e. The van der Waals surface area contributed by atoms with Crippen molar-refractivity contribution < 1.29 is 17.9 Å². The molecular weight excluding hydrogens is 352 g/mol. The maximum Gasteiger partial charge on any atom is 0.277 e. The summed E-state index contributed by atoms with van der Waals surface area (Å²) >= 11 is 0. The van der Waals surface area contributed by atoms with Crippen molar-refractivity contribution in [3.05, 3.63) is 52.6 Å². The SMILES string of the molecule is CCOc1cc(/C=N/NS(=O)(=O)c2c(C)cc(C)cc2C)ccc1OC. The van der Waals surface area contributed by atoms with Crippen molar-refractivity contribution >= 4 is 16.2 Å². The van der Waals surface area contributed by atoms with Crippen LogP contribution in [0.4, 0.5) is 0 Å². The zero-order chi connectivity index (χ0) is 19.3.